The van der Waals surface area contributed by atoms with Crippen LogP contribution in [0.3, 0.4) is 0 Å². The van der Waals surface area contributed by atoms with E-state index in [4.69, 9.17) is 0 Å². The molecular weight excluding hydrogens is 386 g/mol. The summed E-state index contributed by atoms with van der Waals surface area (Å²) in [7, 11) is -3.26. The van der Waals surface area contributed by atoms with Crippen LogP contribution in [0.25, 0.3) is 0 Å². The number of carbonyl (C=O) groups excluding carboxylic acids is 2. The molecule has 1 amide bonds. The summed E-state index contributed by atoms with van der Waals surface area (Å²) in [6, 6.07) is 14.3. The molecule has 6 heteroatoms. The van der Waals surface area contributed by atoms with Gasteiger partial charge in [-0.25, -0.2) is 8.42 Å². The molecule has 3 rings (SSSR count). The summed E-state index contributed by atoms with van der Waals surface area (Å²) in [6.45, 7) is 5.80. The number of ketones is 1. The van der Waals surface area contributed by atoms with Gasteiger partial charge in [0.1, 0.15) is 0 Å². The smallest absolute Gasteiger partial charge is 0.227 e. The average Bonchev–Trinajstić information content (AvgIpc) is 3.07. The maximum Gasteiger partial charge on any atom is 0.227 e. The third-order valence-electron chi connectivity index (χ3n) is 5.25. The van der Waals surface area contributed by atoms with Gasteiger partial charge in [0.2, 0.25) is 5.91 Å². The monoisotopic (exact) mass is 413 g/mol. The van der Waals surface area contributed by atoms with Crippen LogP contribution < -0.4 is 4.90 Å². The lowest BCUT2D eigenvalue weighted by Gasteiger charge is -2.19. The van der Waals surface area contributed by atoms with E-state index >= 15 is 0 Å². The summed E-state index contributed by atoms with van der Waals surface area (Å²) in [5, 5.41) is 0. The first-order chi connectivity index (χ1) is 13.6. The van der Waals surface area contributed by atoms with Gasteiger partial charge in [-0.3, -0.25) is 9.59 Å². The molecule has 0 saturated carbocycles. The second-order valence-electron chi connectivity index (χ2n) is 8.48. The van der Waals surface area contributed by atoms with Gasteiger partial charge < -0.3 is 4.90 Å². The minimum atomic E-state index is -3.26. The summed E-state index contributed by atoms with van der Waals surface area (Å²) in [5.74, 6) is 0.0735. The van der Waals surface area contributed by atoms with Crippen LogP contribution in [-0.2, 0) is 26.8 Å². The van der Waals surface area contributed by atoms with Gasteiger partial charge in [-0.15, -0.1) is 0 Å². The van der Waals surface area contributed by atoms with Crippen molar-refractivity contribution in [1.29, 1.82) is 0 Å². The molecular formula is C23H27NO4S. The van der Waals surface area contributed by atoms with Crippen molar-refractivity contribution in [2.75, 3.05) is 11.4 Å². The van der Waals surface area contributed by atoms with Crippen LogP contribution in [0.4, 0.5) is 5.69 Å². The molecule has 1 aliphatic rings. The van der Waals surface area contributed by atoms with Gasteiger partial charge in [0.05, 0.1) is 10.5 Å². The lowest BCUT2D eigenvalue weighted by Crippen LogP contribution is -2.29. The van der Waals surface area contributed by atoms with Crippen molar-refractivity contribution in [2.24, 2.45) is 0 Å². The van der Waals surface area contributed by atoms with E-state index in [1.165, 1.54) is 0 Å². The average molecular weight is 414 g/mol. The number of rotatable bonds is 6. The summed E-state index contributed by atoms with van der Waals surface area (Å²) in [4.78, 5) is 26.2. The van der Waals surface area contributed by atoms with Gasteiger partial charge in [0.25, 0.3) is 0 Å². The molecule has 0 aromatic heterocycles. The molecule has 1 aliphatic heterocycles. The third-order valence-corrected chi connectivity index (χ3v) is 7.83. The van der Waals surface area contributed by atoms with Crippen LogP contribution in [-0.4, -0.2) is 31.4 Å². The predicted octanol–water partition coefficient (Wildman–Crippen LogP) is 3.95. The van der Waals surface area contributed by atoms with E-state index < -0.39 is 14.6 Å². The number of hydrogen-bond acceptors (Lipinski definition) is 4. The number of Topliss-reactive ketones (excluding diaryl/α,β-unsaturated/α-hetero) is 1. The summed E-state index contributed by atoms with van der Waals surface area (Å²) >= 11 is 0. The second-order valence-corrected chi connectivity index (χ2v) is 11.2. The maximum atomic E-state index is 12.6. The Morgan fingerprint density at radius 2 is 1.55 bits per heavy atom. The molecule has 0 N–H and O–H groups in total. The summed E-state index contributed by atoms with van der Waals surface area (Å²) in [5.41, 5.74) is 2.98. The van der Waals surface area contributed by atoms with Crippen molar-refractivity contribution in [1.82, 2.24) is 0 Å². The summed E-state index contributed by atoms with van der Waals surface area (Å²) < 4.78 is 23.9. The molecule has 0 spiro atoms. The molecule has 1 heterocycles. The molecule has 0 unspecified atom stereocenters. The van der Waals surface area contributed by atoms with Crippen LogP contribution in [0.2, 0.25) is 0 Å². The highest BCUT2D eigenvalue weighted by Crippen LogP contribution is 2.23. The lowest BCUT2D eigenvalue weighted by molar-refractivity contribution is -0.117. The van der Waals surface area contributed by atoms with E-state index in [0.717, 1.165) is 24.2 Å². The Kier molecular flexibility index (Phi) is 5.94. The van der Waals surface area contributed by atoms with Gasteiger partial charge in [0, 0.05) is 30.6 Å². The Labute approximate surface area is 172 Å². The fourth-order valence-corrected chi connectivity index (χ4v) is 4.29. The lowest BCUT2D eigenvalue weighted by atomic mass is 10.0. The number of amides is 1. The highest BCUT2D eigenvalue weighted by Gasteiger charge is 2.29. The standard InChI is InChI=1S/C23H27NO4S/c1-23(2,3)29(27,28)16-18-6-10-19(11-7-18)21(25)15-17-8-12-20(13-9-17)24-14-4-5-22(24)26/h6-13H,4-5,14-16H2,1-3H3. The van der Waals surface area contributed by atoms with Gasteiger partial charge in [-0.1, -0.05) is 36.4 Å². The number of benzene rings is 2. The van der Waals surface area contributed by atoms with Crippen molar-refractivity contribution in [3.63, 3.8) is 0 Å². The van der Waals surface area contributed by atoms with Crippen molar-refractivity contribution in [2.45, 2.75) is 50.5 Å². The van der Waals surface area contributed by atoms with Crippen LogP contribution in [0.5, 0.6) is 0 Å². The number of anilines is 1. The highest BCUT2D eigenvalue weighted by atomic mass is 32.2. The maximum absolute atomic E-state index is 12.6. The first-order valence-corrected chi connectivity index (χ1v) is 11.5. The molecule has 0 aliphatic carbocycles. The molecule has 2 aromatic carbocycles. The van der Waals surface area contributed by atoms with Crippen LogP contribution in [0.15, 0.2) is 48.5 Å². The third kappa shape index (κ3) is 4.93. The number of sulfone groups is 1. The first kappa shape index (κ1) is 21.2. The highest BCUT2D eigenvalue weighted by molar-refractivity contribution is 7.91. The van der Waals surface area contributed by atoms with Gasteiger partial charge >= 0.3 is 0 Å². The van der Waals surface area contributed by atoms with E-state index in [1.807, 2.05) is 24.3 Å². The van der Waals surface area contributed by atoms with Crippen molar-refractivity contribution < 1.29 is 18.0 Å². The Morgan fingerprint density at radius 3 is 2.07 bits per heavy atom. The van der Waals surface area contributed by atoms with E-state index in [9.17, 15) is 18.0 Å². The van der Waals surface area contributed by atoms with Gasteiger partial charge in [-0.2, -0.15) is 0 Å². The first-order valence-electron chi connectivity index (χ1n) is 9.80. The quantitative estimate of drug-likeness (QED) is 0.672. The van der Waals surface area contributed by atoms with E-state index in [-0.39, 0.29) is 23.9 Å². The van der Waals surface area contributed by atoms with Crippen LogP contribution >= 0.6 is 0 Å². The molecule has 154 valence electrons. The molecule has 2 aromatic rings. The van der Waals surface area contributed by atoms with E-state index in [2.05, 4.69) is 0 Å². The molecule has 0 atom stereocenters. The molecule has 1 fully saturated rings. The van der Waals surface area contributed by atoms with Crippen LogP contribution in [0.1, 0.15) is 55.1 Å². The Hall–Kier alpha value is -2.47. The Bertz CT molecular complexity index is 1000. The Morgan fingerprint density at radius 1 is 0.966 bits per heavy atom. The molecule has 5 nitrogen and oxygen atoms in total. The topological polar surface area (TPSA) is 71.5 Å². The zero-order valence-corrected chi connectivity index (χ0v) is 18.0. The normalized spacial score (nSPS) is 15.0. The number of hydrogen-bond donors (Lipinski definition) is 0. The number of nitrogens with zero attached hydrogens (tertiary/aromatic N) is 1. The van der Waals surface area contributed by atoms with Gasteiger partial charge in [0.15, 0.2) is 15.6 Å². The Balaban J connectivity index is 1.64. The number of carbonyl (C=O) groups is 2. The molecule has 29 heavy (non-hydrogen) atoms. The summed E-state index contributed by atoms with van der Waals surface area (Å²) in [6.07, 6.45) is 1.73. The molecule has 0 radical (unpaired) electrons. The minimum absolute atomic E-state index is 0.0276. The minimum Gasteiger partial charge on any atom is -0.312 e. The molecule has 1 saturated heterocycles. The SMILES string of the molecule is CC(C)(C)S(=O)(=O)Cc1ccc(C(=O)Cc2ccc(N3CCCC3=O)cc2)cc1. The van der Waals surface area contributed by atoms with E-state index in [0.29, 0.717) is 17.5 Å². The largest absolute Gasteiger partial charge is 0.312 e. The molecule has 0 bridgehead atoms. The van der Waals surface area contributed by atoms with E-state index in [1.54, 1.807) is 49.9 Å². The fraction of sp³-hybridized carbons (Fsp3) is 0.391. The van der Waals surface area contributed by atoms with Crippen molar-refractivity contribution >= 4 is 27.2 Å². The zero-order valence-electron chi connectivity index (χ0n) is 17.1. The zero-order chi connectivity index (χ0) is 21.2. The second kappa shape index (κ2) is 8.11. The van der Waals surface area contributed by atoms with Crippen molar-refractivity contribution in [3.05, 3.63) is 65.2 Å². The van der Waals surface area contributed by atoms with Crippen molar-refractivity contribution in [3.8, 4) is 0 Å². The fourth-order valence-electron chi connectivity index (χ4n) is 3.23. The van der Waals surface area contributed by atoms with Gasteiger partial charge in [-0.05, 0) is 50.5 Å². The predicted molar refractivity (Wildman–Crippen MR) is 115 cm³/mol. The van der Waals surface area contributed by atoms with Crippen LogP contribution in [0, 0.1) is 0 Å².